The fourth-order valence-electron chi connectivity index (χ4n) is 0.914. The Morgan fingerprint density at radius 3 is 3.20 bits per heavy atom. The first-order valence-corrected chi connectivity index (χ1v) is 2.92. The summed E-state index contributed by atoms with van der Waals surface area (Å²) < 4.78 is 0. The maximum atomic E-state index is 5.50. The molecule has 2 heterocycles. The highest BCUT2D eigenvalue weighted by Crippen LogP contribution is 2.13. The van der Waals surface area contributed by atoms with E-state index in [1.54, 1.807) is 6.20 Å². The molecule has 0 aliphatic rings. The van der Waals surface area contributed by atoms with E-state index in [0.29, 0.717) is 5.82 Å². The number of aromatic nitrogens is 3. The number of aromatic amines is 1. The van der Waals surface area contributed by atoms with E-state index in [9.17, 15) is 0 Å². The summed E-state index contributed by atoms with van der Waals surface area (Å²) in [6.07, 6.45) is 3.48. The Morgan fingerprint density at radius 2 is 2.40 bits per heavy atom. The number of rotatable bonds is 0. The van der Waals surface area contributed by atoms with Crippen molar-refractivity contribution in [2.75, 3.05) is 5.73 Å². The first kappa shape index (κ1) is 5.22. The minimum atomic E-state index is 0.447. The number of nitrogen functional groups attached to an aromatic ring is 1. The fraction of sp³-hybridized carbons (Fsp3) is 0. The highest BCUT2D eigenvalue weighted by atomic mass is 15.1. The summed E-state index contributed by atoms with van der Waals surface area (Å²) in [6.45, 7) is 0. The molecule has 2 aromatic heterocycles. The van der Waals surface area contributed by atoms with Gasteiger partial charge in [-0.15, -0.1) is 5.10 Å². The quantitative estimate of drug-likeness (QED) is 0.552. The standard InChI is InChI=1S/C6H6N4/c7-6-5-4(1-2-8-5)3-9-10-6/h1-3,8H,(H2,7,10). The molecule has 0 saturated carbocycles. The van der Waals surface area contributed by atoms with Crippen LogP contribution in [-0.2, 0) is 0 Å². The number of fused-ring (bicyclic) bond motifs is 1. The van der Waals surface area contributed by atoms with Gasteiger partial charge >= 0.3 is 0 Å². The Balaban J connectivity index is 2.95. The first-order chi connectivity index (χ1) is 4.88. The van der Waals surface area contributed by atoms with Gasteiger partial charge in [0.05, 0.1) is 11.7 Å². The average molecular weight is 134 g/mol. The zero-order valence-corrected chi connectivity index (χ0v) is 5.20. The van der Waals surface area contributed by atoms with Gasteiger partial charge in [0, 0.05) is 11.6 Å². The summed E-state index contributed by atoms with van der Waals surface area (Å²) in [5.41, 5.74) is 6.35. The summed E-state index contributed by atoms with van der Waals surface area (Å²) >= 11 is 0. The van der Waals surface area contributed by atoms with Gasteiger partial charge in [-0.2, -0.15) is 5.10 Å². The Hall–Kier alpha value is -1.58. The highest BCUT2D eigenvalue weighted by molar-refractivity contribution is 5.86. The third kappa shape index (κ3) is 0.556. The van der Waals surface area contributed by atoms with Gasteiger partial charge in [-0.1, -0.05) is 0 Å². The van der Waals surface area contributed by atoms with Crippen LogP contribution in [0.25, 0.3) is 10.9 Å². The lowest BCUT2D eigenvalue weighted by Crippen LogP contribution is -1.92. The maximum absolute atomic E-state index is 5.50. The zero-order valence-electron chi connectivity index (χ0n) is 5.20. The second-order valence-corrected chi connectivity index (χ2v) is 2.04. The number of nitrogens with zero attached hydrogens (tertiary/aromatic N) is 2. The van der Waals surface area contributed by atoms with Crippen LogP contribution >= 0.6 is 0 Å². The van der Waals surface area contributed by atoms with E-state index >= 15 is 0 Å². The van der Waals surface area contributed by atoms with Crippen molar-refractivity contribution >= 4 is 16.7 Å². The van der Waals surface area contributed by atoms with E-state index in [2.05, 4.69) is 15.2 Å². The minimum Gasteiger partial charge on any atom is -0.380 e. The second-order valence-electron chi connectivity index (χ2n) is 2.04. The molecule has 0 bridgehead atoms. The summed E-state index contributed by atoms with van der Waals surface area (Å²) in [6, 6.07) is 1.90. The lowest BCUT2D eigenvalue weighted by atomic mass is 10.4. The molecule has 0 aliphatic carbocycles. The fourth-order valence-corrected chi connectivity index (χ4v) is 0.914. The van der Waals surface area contributed by atoms with Crippen LogP contribution in [0.3, 0.4) is 0 Å². The van der Waals surface area contributed by atoms with E-state index in [4.69, 9.17) is 5.73 Å². The molecule has 0 aliphatic heterocycles. The zero-order chi connectivity index (χ0) is 6.97. The van der Waals surface area contributed by atoms with Gasteiger partial charge in [0.1, 0.15) is 0 Å². The number of nitrogens with one attached hydrogen (secondary N) is 1. The molecule has 0 atom stereocenters. The van der Waals surface area contributed by atoms with Crippen LogP contribution in [0.2, 0.25) is 0 Å². The molecule has 2 rings (SSSR count). The van der Waals surface area contributed by atoms with E-state index in [-0.39, 0.29) is 0 Å². The van der Waals surface area contributed by atoms with Crippen LogP contribution in [0.5, 0.6) is 0 Å². The summed E-state index contributed by atoms with van der Waals surface area (Å²) in [4.78, 5) is 2.96. The van der Waals surface area contributed by atoms with Crippen molar-refractivity contribution in [3.8, 4) is 0 Å². The number of hydrogen-bond donors (Lipinski definition) is 2. The van der Waals surface area contributed by atoms with Crippen LogP contribution in [0.4, 0.5) is 5.82 Å². The average Bonchev–Trinajstić information content (AvgIpc) is 2.36. The minimum absolute atomic E-state index is 0.447. The normalized spacial score (nSPS) is 10.4. The van der Waals surface area contributed by atoms with Gasteiger partial charge in [0.2, 0.25) is 0 Å². The number of hydrogen-bond acceptors (Lipinski definition) is 3. The summed E-state index contributed by atoms with van der Waals surface area (Å²) in [7, 11) is 0. The lowest BCUT2D eigenvalue weighted by molar-refractivity contribution is 1.06. The van der Waals surface area contributed by atoms with Gasteiger partial charge in [-0.05, 0) is 6.07 Å². The molecule has 2 aromatic rings. The third-order valence-corrected chi connectivity index (χ3v) is 1.40. The number of anilines is 1. The SMILES string of the molecule is Nc1nncc2cc[nH]c12. The van der Waals surface area contributed by atoms with Crippen LogP contribution in [0.15, 0.2) is 18.5 Å². The molecule has 0 unspecified atom stereocenters. The third-order valence-electron chi connectivity index (χ3n) is 1.40. The molecule has 50 valence electrons. The van der Waals surface area contributed by atoms with Gasteiger partial charge < -0.3 is 10.7 Å². The predicted molar refractivity (Wildman–Crippen MR) is 38.3 cm³/mol. The van der Waals surface area contributed by atoms with Crippen LogP contribution in [0, 0.1) is 0 Å². The predicted octanol–water partition coefficient (Wildman–Crippen LogP) is 0.540. The lowest BCUT2D eigenvalue weighted by Gasteiger charge is -1.90. The number of nitrogens with two attached hydrogens (primary N) is 1. The largest absolute Gasteiger partial charge is 0.380 e. The van der Waals surface area contributed by atoms with Gasteiger partial charge in [0.25, 0.3) is 0 Å². The van der Waals surface area contributed by atoms with E-state index in [1.807, 2.05) is 12.3 Å². The summed E-state index contributed by atoms with van der Waals surface area (Å²) in [5, 5.41) is 8.36. The van der Waals surface area contributed by atoms with Crippen LogP contribution in [0.1, 0.15) is 0 Å². The molecule has 0 aromatic carbocycles. The van der Waals surface area contributed by atoms with Crippen molar-refractivity contribution < 1.29 is 0 Å². The molecular weight excluding hydrogens is 128 g/mol. The van der Waals surface area contributed by atoms with Crippen molar-refractivity contribution in [3.63, 3.8) is 0 Å². The monoisotopic (exact) mass is 134 g/mol. The van der Waals surface area contributed by atoms with Gasteiger partial charge in [-0.25, -0.2) is 0 Å². The Bertz CT molecular complexity index is 351. The molecule has 0 radical (unpaired) electrons. The maximum Gasteiger partial charge on any atom is 0.170 e. The molecule has 4 heteroatoms. The molecular formula is C6H6N4. The van der Waals surface area contributed by atoms with E-state index < -0.39 is 0 Å². The highest BCUT2D eigenvalue weighted by Gasteiger charge is 1.97. The van der Waals surface area contributed by atoms with Crippen molar-refractivity contribution in [1.29, 1.82) is 0 Å². The van der Waals surface area contributed by atoms with Crippen molar-refractivity contribution in [3.05, 3.63) is 18.5 Å². The molecule has 0 amide bonds. The van der Waals surface area contributed by atoms with Crippen LogP contribution in [-0.4, -0.2) is 15.2 Å². The number of H-pyrrole nitrogens is 1. The van der Waals surface area contributed by atoms with Crippen molar-refractivity contribution in [1.82, 2.24) is 15.2 Å². The molecule has 4 nitrogen and oxygen atoms in total. The topological polar surface area (TPSA) is 67.6 Å². The molecule has 10 heavy (non-hydrogen) atoms. The summed E-state index contributed by atoms with van der Waals surface area (Å²) in [5.74, 6) is 0.447. The van der Waals surface area contributed by atoms with Gasteiger partial charge in [-0.3, -0.25) is 0 Å². The van der Waals surface area contributed by atoms with Crippen molar-refractivity contribution in [2.45, 2.75) is 0 Å². The molecule has 0 saturated heterocycles. The first-order valence-electron chi connectivity index (χ1n) is 2.92. The van der Waals surface area contributed by atoms with E-state index in [0.717, 1.165) is 10.9 Å². The smallest absolute Gasteiger partial charge is 0.170 e. The van der Waals surface area contributed by atoms with Crippen LogP contribution < -0.4 is 5.73 Å². The molecule has 0 spiro atoms. The van der Waals surface area contributed by atoms with Crippen molar-refractivity contribution in [2.24, 2.45) is 0 Å². The Morgan fingerprint density at radius 1 is 1.50 bits per heavy atom. The second kappa shape index (κ2) is 1.70. The van der Waals surface area contributed by atoms with Gasteiger partial charge in [0.15, 0.2) is 5.82 Å². The molecule has 0 fully saturated rings. The Kier molecular flexibility index (Phi) is 0.887. The van der Waals surface area contributed by atoms with E-state index in [1.165, 1.54) is 0 Å². The Labute approximate surface area is 57.1 Å². The molecule has 3 N–H and O–H groups in total.